The van der Waals surface area contributed by atoms with Crippen LogP contribution in [-0.2, 0) is 9.53 Å². The first-order valence-electron chi connectivity index (χ1n) is 8.32. The number of carbonyl (C=O) groups is 1. The van der Waals surface area contributed by atoms with E-state index < -0.39 is 5.97 Å². The zero-order valence-electron chi connectivity index (χ0n) is 15.4. The van der Waals surface area contributed by atoms with Crippen molar-refractivity contribution >= 4 is 11.6 Å². The molecular weight excluding hydrogens is 332 g/mol. The van der Waals surface area contributed by atoms with Crippen molar-refractivity contribution in [3.05, 3.63) is 48.8 Å². The molecule has 0 amide bonds. The SMILES string of the molecule is COC(=O)COc1cc(OC(C)(C)C)ccc1-c1cccc2nccn12. The average Bonchev–Trinajstić information content (AvgIpc) is 3.07. The molecule has 3 rings (SSSR count). The number of ether oxygens (including phenoxy) is 3. The number of fused-ring (bicyclic) bond motifs is 1. The standard InChI is InChI=1S/C20H22N2O4/c1-20(2,3)26-14-8-9-15(17(12-14)25-13-19(23)24-4)16-6-5-7-18-21-10-11-22(16)18/h5-12H,13H2,1-4H3. The topological polar surface area (TPSA) is 62.1 Å². The third-order valence-corrected chi connectivity index (χ3v) is 3.65. The van der Waals surface area contributed by atoms with E-state index in [-0.39, 0.29) is 12.2 Å². The van der Waals surface area contributed by atoms with Gasteiger partial charge >= 0.3 is 5.97 Å². The minimum atomic E-state index is -0.445. The average molecular weight is 354 g/mol. The first kappa shape index (κ1) is 17.8. The number of methoxy groups -OCH3 is 1. The van der Waals surface area contributed by atoms with E-state index in [1.165, 1.54) is 7.11 Å². The maximum atomic E-state index is 11.5. The predicted octanol–water partition coefficient (Wildman–Crippen LogP) is 3.73. The molecule has 6 heteroatoms. The largest absolute Gasteiger partial charge is 0.488 e. The van der Waals surface area contributed by atoms with Crippen LogP contribution >= 0.6 is 0 Å². The van der Waals surface area contributed by atoms with Gasteiger partial charge in [0.2, 0.25) is 0 Å². The number of hydrogen-bond donors (Lipinski definition) is 0. The van der Waals surface area contributed by atoms with Crippen LogP contribution in [0.1, 0.15) is 20.8 Å². The van der Waals surface area contributed by atoms with Gasteiger partial charge in [-0.2, -0.15) is 0 Å². The molecule has 0 unspecified atom stereocenters. The highest BCUT2D eigenvalue weighted by atomic mass is 16.6. The van der Waals surface area contributed by atoms with E-state index >= 15 is 0 Å². The minimum Gasteiger partial charge on any atom is -0.488 e. The van der Waals surface area contributed by atoms with Crippen LogP contribution in [0.15, 0.2) is 48.8 Å². The lowest BCUT2D eigenvalue weighted by molar-refractivity contribution is -0.142. The van der Waals surface area contributed by atoms with Crippen molar-refractivity contribution in [1.29, 1.82) is 0 Å². The van der Waals surface area contributed by atoms with Gasteiger partial charge in [0.15, 0.2) is 6.61 Å². The summed E-state index contributed by atoms with van der Waals surface area (Å²) < 4.78 is 18.3. The molecule has 0 saturated carbocycles. The molecule has 1 aromatic carbocycles. The number of aromatic nitrogens is 2. The second-order valence-electron chi connectivity index (χ2n) is 6.80. The Morgan fingerprint density at radius 2 is 2.00 bits per heavy atom. The van der Waals surface area contributed by atoms with Crippen LogP contribution in [0.4, 0.5) is 0 Å². The summed E-state index contributed by atoms with van der Waals surface area (Å²) in [5.41, 5.74) is 2.23. The molecule has 26 heavy (non-hydrogen) atoms. The fraction of sp³-hybridized carbons (Fsp3) is 0.300. The zero-order chi connectivity index (χ0) is 18.7. The molecule has 0 aliphatic carbocycles. The van der Waals surface area contributed by atoms with E-state index in [1.54, 1.807) is 12.3 Å². The van der Waals surface area contributed by atoms with E-state index in [4.69, 9.17) is 9.47 Å². The quantitative estimate of drug-likeness (QED) is 0.653. The van der Waals surface area contributed by atoms with Crippen LogP contribution in [0, 0.1) is 0 Å². The Hall–Kier alpha value is -3.02. The fourth-order valence-electron chi connectivity index (χ4n) is 2.61. The molecule has 3 aromatic rings. The van der Waals surface area contributed by atoms with Gasteiger partial charge in [0.05, 0.1) is 12.8 Å². The van der Waals surface area contributed by atoms with Crippen molar-refractivity contribution in [2.45, 2.75) is 26.4 Å². The molecule has 0 aliphatic heterocycles. The third-order valence-electron chi connectivity index (χ3n) is 3.65. The lowest BCUT2D eigenvalue weighted by Gasteiger charge is -2.22. The maximum Gasteiger partial charge on any atom is 0.343 e. The van der Waals surface area contributed by atoms with E-state index in [9.17, 15) is 4.79 Å². The molecule has 136 valence electrons. The van der Waals surface area contributed by atoms with Crippen LogP contribution < -0.4 is 9.47 Å². The normalized spacial score (nSPS) is 11.4. The molecule has 0 spiro atoms. The molecule has 0 bridgehead atoms. The van der Waals surface area contributed by atoms with Crippen LogP contribution in [-0.4, -0.2) is 34.7 Å². The van der Waals surface area contributed by atoms with Crippen LogP contribution in [0.5, 0.6) is 11.5 Å². The van der Waals surface area contributed by atoms with Gasteiger partial charge in [0.1, 0.15) is 22.7 Å². The lowest BCUT2D eigenvalue weighted by atomic mass is 10.1. The van der Waals surface area contributed by atoms with Gasteiger partial charge in [0, 0.05) is 24.0 Å². The van der Waals surface area contributed by atoms with Crippen molar-refractivity contribution in [3.63, 3.8) is 0 Å². The Bertz CT molecular complexity index is 925. The highest BCUT2D eigenvalue weighted by Gasteiger charge is 2.16. The summed E-state index contributed by atoms with van der Waals surface area (Å²) in [5, 5.41) is 0. The Morgan fingerprint density at radius 1 is 1.19 bits per heavy atom. The molecule has 0 radical (unpaired) electrons. The molecule has 2 heterocycles. The van der Waals surface area contributed by atoms with E-state index in [0.29, 0.717) is 11.5 Å². The predicted molar refractivity (Wildman–Crippen MR) is 98.5 cm³/mol. The molecular formula is C20H22N2O4. The number of hydrogen-bond acceptors (Lipinski definition) is 5. The van der Waals surface area contributed by atoms with Crippen molar-refractivity contribution in [2.24, 2.45) is 0 Å². The summed E-state index contributed by atoms with van der Waals surface area (Å²) >= 11 is 0. The van der Waals surface area contributed by atoms with E-state index in [2.05, 4.69) is 9.72 Å². The van der Waals surface area contributed by atoms with Crippen molar-refractivity contribution in [1.82, 2.24) is 9.38 Å². The molecule has 6 nitrogen and oxygen atoms in total. The Labute approximate surface area is 152 Å². The van der Waals surface area contributed by atoms with Crippen molar-refractivity contribution in [2.75, 3.05) is 13.7 Å². The first-order chi connectivity index (χ1) is 12.4. The van der Waals surface area contributed by atoms with E-state index in [0.717, 1.165) is 16.9 Å². The summed E-state index contributed by atoms with van der Waals surface area (Å²) in [6.45, 7) is 5.74. The van der Waals surface area contributed by atoms with Crippen molar-refractivity contribution < 1.29 is 19.0 Å². The Morgan fingerprint density at radius 3 is 2.73 bits per heavy atom. The molecule has 0 aliphatic rings. The number of imidazole rings is 1. The van der Waals surface area contributed by atoms with Gasteiger partial charge in [-0.3, -0.25) is 4.40 Å². The summed E-state index contributed by atoms with van der Waals surface area (Å²) in [7, 11) is 1.33. The monoisotopic (exact) mass is 354 g/mol. The number of pyridine rings is 1. The van der Waals surface area contributed by atoms with Crippen molar-refractivity contribution in [3.8, 4) is 22.8 Å². The Kier molecular flexibility index (Phi) is 4.84. The fourth-order valence-corrected chi connectivity index (χ4v) is 2.61. The highest BCUT2D eigenvalue weighted by molar-refractivity contribution is 5.74. The molecule has 0 N–H and O–H groups in total. The highest BCUT2D eigenvalue weighted by Crippen LogP contribution is 2.35. The van der Waals surface area contributed by atoms with Crippen LogP contribution in [0.2, 0.25) is 0 Å². The maximum absolute atomic E-state index is 11.5. The van der Waals surface area contributed by atoms with Gasteiger partial charge in [-0.05, 0) is 45.0 Å². The molecule has 0 fully saturated rings. The summed E-state index contributed by atoms with van der Waals surface area (Å²) in [5.74, 6) is 0.760. The van der Waals surface area contributed by atoms with Crippen LogP contribution in [0.3, 0.4) is 0 Å². The minimum absolute atomic E-state index is 0.178. The smallest absolute Gasteiger partial charge is 0.343 e. The molecule has 0 atom stereocenters. The first-order valence-corrected chi connectivity index (χ1v) is 8.32. The number of benzene rings is 1. The number of rotatable bonds is 5. The molecule has 2 aromatic heterocycles. The number of carbonyl (C=O) groups excluding carboxylic acids is 1. The summed E-state index contributed by atoms with van der Waals surface area (Å²) in [4.78, 5) is 15.8. The Balaban J connectivity index is 2.05. The summed E-state index contributed by atoms with van der Waals surface area (Å²) in [6.07, 6.45) is 3.62. The summed E-state index contributed by atoms with van der Waals surface area (Å²) in [6, 6.07) is 11.4. The third kappa shape index (κ3) is 3.96. The number of nitrogens with zero attached hydrogens (tertiary/aromatic N) is 2. The zero-order valence-corrected chi connectivity index (χ0v) is 15.4. The molecule has 0 saturated heterocycles. The van der Waals surface area contributed by atoms with Gasteiger partial charge < -0.3 is 14.2 Å². The van der Waals surface area contributed by atoms with Gasteiger partial charge in [-0.1, -0.05) is 6.07 Å². The second-order valence-corrected chi connectivity index (χ2v) is 6.80. The second kappa shape index (κ2) is 7.07. The van der Waals surface area contributed by atoms with E-state index in [1.807, 2.05) is 61.7 Å². The van der Waals surface area contributed by atoms with Crippen LogP contribution in [0.25, 0.3) is 16.9 Å². The lowest BCUT2D eigenvalue weighted by Crippen LogP contribution is -2.23. The number of esters is 1. The van der Waals surface area contributed by atoms with Gasteiger partial charge in [0.25, 0.3) is 0 Å². The van der Waals surface area contributed by atoms with Gasteiger partial charge in [-0.15, -0.1) is 0 Å². The van der Waals surface area contributed by atoms with Gasteiger partial charge in [-0.25, -0.2) is 9.78 Å².